The number of nitrogens with zero attached hydrogens (tertiary/aromatic N) is 5. The Kier molecular flexibility index (Phi) is 5.86. The lowest BCUT2D eigenvalue weighted by molar-refractivity contribution is 0.0480. The normalized spacial score (nSPS) is 10.9. The topological polar surface area (TPSA) is 152 Å². The molecule has 0 aliphatic carbocycles. The van der Waals surface area contributed by atoms with Crippen molar-refractivity contribution in [2.75, 3.05) is 38.7 Å². The van der Waals surface area contributed by atoms with Crippen LogP contribution in [-0.2, 0) is 16.0 Å². The standard InChI is InChI=1S/C12H20N8O2/c13-10-9-11(18-7-17-10)20(8-19-9)2-4-22-6-5-21-3-1-16-12(14)15/h7-8H,1-6H2,(H2,13,17,18)(H4,14,15,16). The van der Waals surface area contributed by atoms with Gasteiger partial charge in [0.15, 0.2) is 17.4 Å². The fourth-order valence-electron chi connectivity index (χ4n) is 1.79. The van der Waals surface area contributed by atoms with Crippen LogP contribution in [0, 0.1) is 0 Å². The summed E-state index contributed by atoms with van der Waals surface area (Å²) < 4.78 is 12.7. The van der Waals surface area contributed by atoms with Crippen LogP contribution in [0.5, 0.6) is 0 Å². The van der Waals surface area contributed by atoms with Crippen molar-refractivity contribution < 1.29 is 9.47 Å². The number of imidazole rings is 1. The molecule has 6 N–H and O–H groups in total. The van der Waals surface area contributed by atoms with Crippen molar-refractivity contribution in [2.45, 2.75) is 6.54 Å². The Hall–Kier alpha value is -2.46. The van der Waals surface area contributed by atoms with Crippen molar-refractivity contribution in [2.24, 2.45) is 16.5 Å². The second-order valence-corrected chi connectivity index (χ2v) is 4.40. The Balaban J connectivity index is 1.62. The van der Waals surface area contributed by atoms with Crippen LogP contribution in [0.4, 0.5) is 5.82 Å². The van der Waals surface area contributed by atoms with Gasteiger partial charge in [0, 0.05) is 6.54 Å². The van der Waals surface area contributed by atoms with Gasteiger partial charge >= 0.3 is 0 Å². The van der Waals surface area contributed by atoms with Gasteiger partial charge in [0.05, 0.1) is 39.3 Å². The lowest BCUT2D eigenvalue weighted by atomic mass is 10.5. The highest BCUT2D eigenvalue weighted by molar-refractivity contribution is 5.81. The lowest BCUT2D eigenvalue weighted by Gasteiger charge is -2.06. The number of nitrogens with two attached hydrogens (primary N) is 3. The molecule has 2 aromatic heterocycles. The van der Waals surface area contributed by atoms with Gasteiger partial charge in [-0.25, -0.2) is 15.0 Å². The summed E-state index contributed by atoms with van der Waals surface area (Å²) in [5, 5.41) is 0. The van der Waals surface area contributed by atoms with Crippen LogP contribution < -0.4 is 17.2 Å². The molecule has 0 atom stereocenters. The summed E-state index contributed by atoms with van der Waals surface area (Å²) in [5.41, 5.74) is 17.4. The molecule has 0 fully saturated rings. The minimum Gasteiger partial charge on any atom is -0.382 e. The number of guanidine groups is 1. The molecular weight excluding hydrogens is 288 g/mol. The van der Waals surface area contributed by atoms with E-state index in [1.807, 2.05) is 4.57 Å². The molecule has 2 rings (SSSR count). The van der Waals surface area contributed by atoms with Gasteiger partial charge in [0.1, 0.15) is 11.8 Å². The average molecular weight is 308 g/mol. The van der Waals surface area contributed by atoms with Crippen molar-refractivity contribution in [3.63, 3.8) is 0 Å². The van der Waals surface area contributed by atoms with E-state index in [-0.39, 0.29) is 5.96 Å². The Morgan fingerprint density at radius 3 is 2.64 bits per heavy atom. The monoisotopic (exact) mass is 308 g/mol. The number of nitrogen functional groups attached to an aromatic ring is 1. The molecular formula is C12H20N8O2. The van der Waals surface area contributed by atoms with Crippen LogP contribution in [0.2, 0.25) is 0 Å². The average Bonchev–Trinajstić information content (AvgIpc) is 2.90. The van der Waals surface area contributed by atoms with Crippen LogP contribution in [0.25, 0.3) is 11.2 Å². The van der Waals surface area contributed by atoms with E-state index in [9.17, 15) is 0 Å². The van der Waals surface area contributed by atoms with Gasteiger partial charge in [-0.15, -0.1) is 0 Å². The number of hydrogen-bond donors (Lipinski definition) is 3. The summed E-state index contributed by atoms with van der Waals surface area (Å²) in [6, 6.07) is 0. The molecule has 2 aromatic rings. The molecule has 10 nitrogen and oxygen atoms in total. The van der Waals surface area contributed by atoms with E-state index in [1.165, 1.54) is 6.33 Å². The molecule has 0 unspecified atom stereocenters. The highest BCUT2D eigenvalue weighted by Crippen LogP contribution is 2.13. The molecule has 0 aliphatic rings. The minimum atomic E-state index is 0.0665. The molecule has 0 saturated carbocycles. The first kappa shape index (κ1) is 15.9. The summed E-state index contributed by atoms with van der Waals surface area (Å²) in [6.07, 6.45) is 3.09. The van der Waals surface area contributed by atoms with E-state index < -0.39 is 0 Å². The zero-order valence-electron chi connectivity index (χ0n) is 12.2. The maximum atomic E-state index is 5.72. The number of ether oxygens (including phenoxy) is 2. The number of aromatic nitrogens is 4. The third kappa shape index (κ3) is 4.53. The van der Waals surface area contributed by atoms with E-state index in [2.05, 4.69) is 19.9 Å². The molecule has 10 heteroatoms. The highest BCUT2D eigenvalue weighted by atomic mass is 16.5. The van der Waals surface area contributed by atoms with Crippen LogP contribution in [0.15, 0.2) is 17.6 Å². The van der Waals surface area contributed by atoms with Crippen molar-refractivity contribution in [1.82, 2.24) is 19.5 Å². The Morgan fingerprint density at radius 2 is 1.86 bits per heavy atom. The van der Waals surface area contributed by atoms with Crippen LogP contribution in [0.3, 0.4) is 0 Å². The largest absolute Gasteiger partial charge is 0.382 e. The second-order valence-electron chi connectivity index (χ2n) is 4.40. The molecule has 0 spiro atoms. The predicted molar refractivity (Wildman–Crippen MR) is 82.1 cm³/mol. The van der Waals surface area contributed by atoms with Gasteiger partial charge < -0.3 is 31.2 Å². The molecule has 0 saturated heterocycles. The quantitative estimate of drug-likeness (QED) is 0.294. The number of aliphatic imine (C=N–C) groups is 1. The zero-order chi connectivity index (χ0) is 15.8. The minimum absolute atomic E-state index is 0.0665. The Bertz CT molecular complexity index is 623. The summed E-state index contributed by atoms with van der Waals surface area (Å²) in [4.78, 5) is 16.0. The van der Waals surface area contributed by atoms with E-state index in [1.54, 1.807) is 6.33 Å². The summed E-state index contributed by atoms with van der Waals surface area (Å²) in [6.45, 7) is 3.03. The Morgan fingerprint density at radius 1 is 1.09 bits per heavy atom. The number of hydrogen-bond acceptors (Lipinski definition) is 7. The lowest BCUT2D eigenvalue weighted by Crippen LogP contribution is -2.23. The summed E-state index contributed by atoms with van der Waals surface area (Å²) in [7, 11) is 0. The van der Waals surface area contributed by atoms with Crippen molar-refractivity contribution in [1.29, 1.82) is 0 Å². The number of rotatable bonds is 9. The van der Waals surface area contributed by atoms with Crippen molar-refractivity contribution in [3.05, 3.63) is 12.7 Å². The van der Waals surface area contributed by atoms with Gasteiger partial charge in [-0.1, -0.05) is 0 Å². The van der Waals surface area contributed by atoms with E-state index >= 15 is 0 Å². The first-order chi connectivity index (χ1) is 10.7. The van der Waals surface area contributed by atoms with Crippen LogP contribution >= 0.6 is 0 Å². The fourth-order valence-corrected chi connectivity index (χ4v) is 1.79. The first-order valence-electron chi connectivity index (χ1n) is 6.80. The van der Waals surface area contributed by atoms with Crippen LogP contribution in [0.1, 0.15) is 0 Å². The van der Waals surface area contributed by atoms with Gasteiger partial charge in [-0.2, -0.15) is 0 Å². The van der Waals surface area contributed by atoms with E-state index in [0.29, 0.717) is 56.5 Å². The predicted octanol–water partition coefficient (Wildman–Crippen LogP) is -1.28. The van der Waals surface area contributed by atoms with Gasteiger partial charge in [-0.05, 0) is 0 Å². The van der Waals surface area contributed by atoms with Gasteiger partial charge in [0.25, 0.3) is 0 Å². The molecule has 0 radical (unpaired) electrons. The number of fused-ring (bicyclic) bond motifs is 1. The third-order valence-corrected chi connectivity index (χ3v) is 2.81. The first-order valence-corrected chi connectivity index (χ1v) is 6.80. The molecule has 0 amide bonds. The molecule has 2 heterocycles. The second kappa shape index (κ2) is 8.10. The maximum Gasteiger partial charge on any atom is 0.185 e. The fraction of sp³-hybridized carbons (Fsp3) is 0.500. The molecule has 0 bridgehead atoms. The molecule has 120 valence electrons. The van der Waals surface area contributed by atoms with Crippen molar-refractivity contribution in [3.8, 4) is 0 Å². The SMILES string of the molecule is NC(N)=NCCOCCOCCn1cnc2c(N)ncnc21. The maximum absolute atomic E-state index is 5.72. The van der Waals surface area contributed by atoms with Crippen LogP contribution in [-0.4, -0.2) is 58.5 Å². The number of anilines is 1. The highest BCUT2D eigenvalue weighted by Gasteiger charge is 2.06. The zero-order valence-corrected chi connectivity index (χ0v) is 12.2. The molecule has 0 aromatic carbocycles. The third-order valence-electron chi connectivity index (χ3n) is 2.81. The van der Waals surface area contributed by atoms with E-state index in [0.717, 1.165) is 0 Å². The van der Waals surface area contributed by atoms with Gasteiger partial charge in [0.2, 0.25) is 0 Å². The Labute approximate surface area is 127 Å². The van der Waals surface area contributed by atoms with E-state index in [4.69, 9.17) is 26.7 Å². The smallest absolute Gasteiger partial charge is 0.185 e. The van der Waals surface area contributed by atoms with Gasteiger partial charge in [-0.3, -0.25) is 4.99 Å². The summed E-state index contributed by atoms with van der Waals surface area (Å²) in [5.74, 6) is 0.440. The van der Waals surface area contributed by atoms with Crippen molar-refractivity contribution >= 4 is 22.9 Å². The summed E-state index contributed by atoms with van der Waals surface area (Å²) >= 11 is 0. The molecule has 22 heavy (non-hydrogen) atoms. The molecule has 0 aliphatic heterocycles.